The van der Waals surface area contributed by atoms with Crippen LogP contribution in [0, 0.1) is 0 Å². The summed E-state index contributed by atoms with van der Waals surface area (Å²) in [7, 11) is -3.61. The summed E-state index contributed by atoms with van der Waals surface area (Å²) in [5, 5.41) is 5.31. The van der Waals surface area contributed by atoms with Crippen LogP contribution in [0.15, 0.2) is 24.3 Å². The summed E-state index contributed by atoms with van der Waals surface area (Å²) in [5.41, 5.74) is 0.841. The molecule has 0 bridgehead atoms. The molecule has 1 aliphatic rings. The summed E-state index contributed by atoms with van der Waals surface area (Å²) in [4.78, 5) is 22.5. The molecule has 120 valence electrons. The van der Waals surface area contributed by atoms with Crippen molar-refractivity contribution in [1.29, 1.82) is 0 Å². The predicted octanol–water partition coefficient (Wildman–Crippen LogP) is 1.06. The van der Waals surface area contributed by atoms with E-state index in [2.05, 4.69) is 15.4 Å². The summed E-state index contributed by atoms with van der Waals surface area (Å²) >= 11 is 0. The standard InChI is InChI=1S/C14H19N3O4S/c1-10(18)15-12-3-2-4-13(9-12)17-22(20,21)8-7-14(19)16-11-5-6-11/h2-4,9,11,17H,5-8H2,1H3,(H,15,18)(H,16,19). The second-order valence-corrected chi connectivity index (χ2v) is 7.12. The molecule has 8 heteroatoms. The number of rotatable bonds is 7. The normalized spacial score (nSPS) is 14.2. The van der Waals surface area contributed by atoms with Crippen LogP contribution in [-0.4, -0.2) is 32.0 Å². The van der Waals surface area contributed by atoms with E-state index in [4.69, 9.17) is 0 Å². The first-order valence-corrected chi connectivity index (χ1v) is 8.67. The number of carbonyl (C=O) groups is 2. The van der Waals surface area contributed by atoms with Crippen LogP contribution in [0.2, 0.25) is 0 Å². The highest BCUT2D eigenvalue weighted by Crippen LogP contribution is 2.19. The highest BCUT2D eigenvalue weighted by Gasteiger charge is 2.24. The van der Waals surface area contributed by atoms with Crippen molar-refractivity contribution in [3.05, 3.63) is 24.3 Å². The smallest absolute Gasteiger partial charge is 0.233 e. The number of sulfonamides is 1. The van der Waals surface area contributed by atoms with E-state index >= 15 is 0 Å². The Morgan fingerprint density at radius 3 is 2.55 bits per heavy atom. The van der Waals surface area contributed by atoms with E-state index in [1.54, 1.807) is 18.2 Å². The SMILES string of the molecule is CC(=O)Nc1cccc(NS(=O)(=O)CCC(=O)NC2CC2)c1. The van der Waals surface area contributed by atoms with Gasteiger partial charge in [-0.1, -0.05) is 6.07 Å². The van der Waals surface area contributed by atoms with Crippen molar-refractivity contribution in [1.82, 2.24) is 5.32 Å². The highest BCUT2D eigenvalue weighted by molar-refractivity contribution is 7.92. The maximum absolute atomic E-state index is 12.0. The summed E-state index contributed by atoms with van der Waals surface area (Å²) in [6, 6.07) is 6.60. The van der Waals surface area contributed by atoms with Gasteiger partial charge in [0.05, 0.1) is 11.4 Å². The summed E-state index contributed by atoms with van der Waals surface area (Å²) < 4.78 is 26.3. The molecule has 1 aliphatic carbocycles. The third kappa shape index (κ3) is 5.72. The van der Waals surface area contributed by atoms with Gasteiger partial charge in [-0.05, 0) is 31.0 Å². The molecular formula is C14H19N3O4S. The molecule has 2 amide bonds. The maximum Gasteiger partial charge on any atom is 0.233 e. The van der Waals surface area contributed by atoms with Crippen molar-refractivity contribution in [3.8, 4) is 0 Å². The van der Waals surface area contributed by atoms with E-state index in [9.17, 15) is 18.0 Å². The molecule has 7 nitrogen and oxygen atoms in total. The Bertz CT molecular complexity index is 668. The van der Waals surface area contributed by atoms with Gasteiger partial charge in [0.2, 0.25) is 21.8 Å². The predicted molar refractivity (Wildman–Crippen MR) is 83.9 cm³/mol. The average molecular weight is 325 g/mol. The van der Waals surface area contributed by atoms with Gasteiger partial charge in [-0.2, -0.15) is 0 Å². The fourth-order valence-electron chi connectivity index (χ4n) is 1.85. The molecule has 0 atom stereocenters. The fraction of sp³-hybridized carbons (Fsp3) is 0.429. The molecule has 0 unspecified atom stereocenters. The van der Waals surface area contributed by atoms with Gasteiger partial charge in [0, 0.05) is 25.1 Å². The van der Waals surface area contributed by atoms with Crippen molar-refractivity contribution in [2.24, 2.45) is 0 Å². The van der Waals surface area contributed by atoms with Crippen molar-refractivity contribution < 1.29 is 18.0 Å². The van der Waals surface area contributed by atoms with Crippen molar-refractivity contribution in [2.75, 3.05) is 15.8 Å². The fourth-order valence-corrected chi connectivity index (χ4v) is 2.89. The average Bonchev–Trinajstić information content (AvgIpc) is 3.19. The van der Waals surface area contributed by atoms with E-state index in [1.165, 1.54) is 13.0 Å². The minimum Gasteiger partial charge on any atom is -0.353 e. The van der Waals surface area contributed by atoms with E-state index < -0.39 is 10.0 Å². The Hall–Kier alpha value is -2.09. The van der Waals surface area contributed by atoms with E-state index in [0.29, 0.717) is 11.4 Å². The van der Waals surface area contributed by atoms with Gasteiger partial charge in [-0.3, -0.25) is 14.3 Å². The molecule has 0 spiro atoms. The Kier molecular flexibility index (Phi) is 5.02. The van der Waals surface area contributed by atoms with E-state index in [1.807, 2.05) is 0 Å². The number of carbonyl (C=O) groups excluding carboxylic acids is 2. The molecule has 0 saturated heterocycles. The van der Waals surface area contributed by atoms with Crippen LogP contribution in [0.4, 0.5) is 11.4 Å². The van der Waals surface area contributed by atoms with E-state index in [0.717, 1.165) is 12.8 Å². The largest absolute Gasteiger partial charge is 0.353 e. The molecule has 3 N–H and O–H groups in total. The van der Waals surface area contributed by atoms with Gasteiger partial charge in [-0.25, -0.2) is 8.42 Å². The maximum atomic E-state index is 12.0. The Morgan fingerprint density at radius 2 is 1.91 bits per heavy atom. The van der Waals surface area contributed by atoms with Crippen LogP contribution in [-0.2, 0) is 19.6 Å². The topological polar surface area (TPSA) is 104 Å². The number of benzene rings is 1. The molecule has 22 heavy (non-hydrogen) atoms. The van der Waals surface area contributed by atoms with Crippen LogP contribution < -0.4 is 15.4 Å². The molecular weight excluding hydrogens is 306 g/mol. The molecule has 1 saturated carbocycles. The lowest BCUT2D eigenvalue weighted by atomic mass is 10.3. The van der Waals surface area contributed by atoms with Gasteiger partial charge >= 0.3 is 0 Å². The molecule has 2 rings (SSSR count). The highest BCUT2D eigenvalue weighted by atomic mass is 32.2. The number of anilines is 2. The first-order chi connectivity index (χ1) is 10.3. The zero-order chi connectivity index (χ0) is 16.2. The Morgan fingerprint density at radius 1 is 1.23 bits per heavy atom. The second kappa shape index (κ2) is 6.78. The minimum absolute atomic E-state index is 0.0722. The number of nitrogens with one attached hydrogen (secondary N) is 3. The molecule has 0 aliphatic heterocycles. The quantitative estimate of drug-likeness (QED) is 0.697. The Labute approximate surface area is 129 Å². The van der Waals surface area contributed by atoms with Gasteiger partial charge in [0.25, 0.3) is 0 Å². The molecule has 0 radical (unpaired) electrons. The minimum atomic E-state index is -3.61. The monoisotopic (exact) mass is 325 g/mol. The summed E-state index contributed by atoms with van der Waals surface area (Å²) in [5.74, 6) is -0.771. The lowest BCUT2D eigenvalue weighted by molar-refractivity contribution is -0.120. The zero-order valence-electron chi connectivity index (χ0n) is 12.3. The second-order valence-electron chi connectivity index (χ2n) is 5.27. The summed E-state index contributed by atoms with van der Waals surface area (Å²) in [6.07, 6.45) is 1.86. The summed E-state index contributed by atoms with van der Waals surface area (Å²) in [6.45, 7) is 1.37. The van der Waals surface area contributed by atoms with Crippen LogP contribution in [0.25, 0.3) is 0 Å². The van der Waals surface area contributed by atoms with Gasteiger partial charge in [0.1, 0.15) is 0 Å². The van der Waals surface area contributed by atoms with Crippen LogP contribution in [0.1, 0.15) is 26.2 Å². The van der Waals surface area contributed by atoms with Crippen molar-refractivity contribution in [2.45, 2.75) is 32.2 Å². The van der Waals surface area contributed by atoms with Crippen LogP contribution in [0.3, 0.4) is 0 Å². The first kappa shape index (κ1) is 16.3. The number of amides is 2. The molecule has 1 aromatic rings. The number of hydrogen-bond acceptors (Lipinski definition) is 4. The van der Waals surface area contributed by atoms with E-state index in [-0.39, 0.29) is 30.0 Å². The zero-order valence-corrected chi connectivity index (χ0v) is 13.1. The lowest BCUT2D eigenvalue weighted by Gasteiger charge is -2.10. The number of hydrogen-bond donors (Lipinski definition) is 3. The first-order valence-electron chi connectivity index (χ1n) is 7.01. The van der Waals surface area contributed by atoms with Crippen molar-refractivity contribution in [3.63, 3.8) is 0 Å². The Balaban J connectivity index is 1.89. The molecule has 0 aromatic heterocycles. The van der Waals surface area contributed by atoms with Gasteiger partial charge < -0.3 is 10.6 Å². The van der Waals surface area contributed by atoms with Crippen LogP contribution >= 0.6 is 0 Å². The van der Waals surface area contributed by atoms with Gasteiger partial charge in [-0.15, -0.1) is 0 Å². The van der Waals surface area contributed by atoms with Gasteiger partial charge in [0.15, 0.2) is 0 Å². The van der Waals surface area contributed by atoms with Crippen molar-refractivity contribution >= 4 is 33.2 Å². The molecule has 1 fully saturated rings. The molecule has 1 aromatic carbocycles. The third-order valence-electron chi connectivity index (χ3n) is 3.00. The third-order valence-corrected chi connectivity index (χ3v) is 4.28. The lowest BCUT2D eigenvalue weighted by Crippen LogP contribution is -2.28. The molecule has 0 heterocycles. The van der Waals surface area contributed by atoms with Crippen LogP contribution in [0.5, 0.6) is 0 Å².